The van der Waals surface area contributed by atoms with Crippen LogP contribution in [0.3, 0.4) is 0 Å². The molecule has 3 nitrogen and oxygen atoms in total. The summed E-state index contributed by atoms with van der Waals surface area (Å²) in [6.45, 7) is 0. The molecule has 0 fully saturated rings. The van der Waals surface area contributed by atoms with Crippen molar-refractivity contribution in [3.63, 3.8) is 0 Å². The van der Waals surface area contributed by atoms with Crippen LogP contribution in [0.4, 0.5) is 5.69 Å². The first-order valence-corrected chi connectivity index (χ1v) is 8.08. The van der Waals surface area contributed by atoms with Crippen molar-refractivity contribution in [2.45, 2.75) is 19.3 Å². The van der Waals surface area contributed by atoms with E-state index in [4.69, 9.17) is 16.3 Å². The predicted octanol–water partition coefficient (Wildman–Crippen LogP) is 5.43. The molecule has 2 aromatic carbocycles. The molecular formula is C19H18ClNO2. The molecule has 23 heavy (non-hydrogen) atoms. The van der Waals surface area contributed by atoms with Crippen molar-refractivity contribution in [3.8, 4) is 11.5 Å². The third kappa shape index (κ3) is 4.14. The van der Waals surface area contributed by atoms with Gasteiger partial charge in [-0.05, 0) is 43.0 Å². The average molecular weight is 328 g/mol. The molecule has 1 atom stereocenters. The van der Waals surface area contributed by atoms with Crippen LogP contribution < -0.4 is 10.1 Å². The predicted molar refractivity (Wildman–Crippen MR) is 93.1 cm³/mol. The summed E-state index contributed by atoms with van der Waals surface area (Å²) in [7, 11) is 0. The molecule has 1 amide bonds. The lowest BCUT2D eigenvalue weighted by Crippen LogP contribution is -2.15. The number of benzene rings is 2. The van der Waals surface area contributed by atoms with Crippen LogP contribution in [0.25, 0.3) is 0 Å². The molecule has 0 heterocycles. The maximum atomic E-state index is 12.2. The fraction of sp³-hybridized carbons (Fsp3) is 0.211. The molecule has 0 aliphatic heterocycles. The van der Waals surface area contributed by atoms with Crippen molar-refractivity contribution in [1.29, 1.82) is 0 Å². The number of rotatable bonds is 5. The number of allylic oxidation sites excluding steroid dienone is 2. The molecule has 118 valence electrons. The van der Waals surface area contributed by atoms with Gasteiger partial charge in [0, 0.05) is 6.42 Å². The van der Waals surface area contributed by atoms with Crippen molar-refractivity contribution >= 4 is 23.2 Å². The highest BCUT2D eigenvalue weighted by Gasteiger charge is 2.15. The van der Waals surface area contributed by atoms with Crippen molar-refractivity contribution in [3.05, 3.63) is 65.7 Å². The lowest BCUT2D eigenvalue weighted by molar-refractivity contribution is -0.116. The Morgan fingerprint density at radius 2 is 1.87 bits per heavy atom. The molecular weight excluding hydrogens is 310 g/mol. The summed E-state index contributed by atoms with van der Waals surface area (Å²) < 4.78 is 5.85. The molecule has 2 aromatic rings. The number of halogens is 1. The Morgan fingerprint density at radius 1 is 1.13 bits per heavy atom. The molecule has 0 radical (unpaired) electrons. The second kappa shape index (κ2) is 7.34. The summed E-state index contributed by atoms with van der Waals surface area (Å²) in [5.41, 5.74) is 0.652. The number of nitrogens with one attached hydrogen (secondary N) is 1. The minimum atomic E-state index is -0.00300. The van der Waals surface area contributed by atoms with Gasteiger partial charge in [0.25, 0.3) is 0 Å². The summed E-state index contributed by atoms with van der Waals surface area (Å²) in [6.07, 6.45) is 6.85. The van der Waals surface area contributed by atoms with Gasteiger partial charge in [0.15, 0.2) is 5.75 Å². The number of ether oxygens (including phenoxy) is 1. The van der Waals surface area contributed by atoms with Crippen LogP contribution in [0, 0.1) is 5.92 Å². The van der Waals surface area contributed by atoms with Crippen LogP contribution in [-0.4, -0.2) is 5.91 Å². The molecule has 0 saturated heterocycles. The second-order valence-corrected chi connectivity index (χ2v) is 5.95. The highest BCUT2D eigenvalue weighted by atomic mass is 35.5. The first-order chi connectivity index (χ1) is 11.2. The van der Waals surface area contributed by atoms with Gasteiger partial charge in [-0.15, -0.1) is 0 Å². The third-order valence-electron chi connectivity index (χ3n) is 3.78. The van der Waals surface area contributed by atoms with E-state index in [-0.39, 0.29) is 5.91 Å². The van der Waals surface area contributed by atoms with Crippen LogP contribution in [0.5, 0.6) is 11.5 Å². The Labute approximate surface area is 140 Å². The fourth-order valence-corrected chi connectivity index (χ4v) is 2.78. The van der Waals surface area contributed by atoms with E-state index in [1.807, 2.05) is 36.4 Å². The Morgan fingerprint density at radius 3 is 2.61 bits per heavy atom. The zero-order valence-corrected chi connectivity index (χ0v) is 13.4. The summed E-state index contributed by atoms with van der Waals surface area (Å²) in [5, 5.41) is 3.47. The number of amides is 1. The number of carbonyl (C=O) groups is 1. The highest BCUT2D eigenvalue weighted by Crippen LogP contribution is 2.33. The zero-order chi connectivity index (χ0) is 16.1. The molecule has 3 rings (SSSR count). The van der Waals surface area contributed by atoms with Gasteiger partial charge in [0.2, 0.25) is 5.91 Å². The maximum Gasteiger partial charge on any atom is 0.225 e. The smallest absolute Gasteiger partial charge is 0.225 e. The largest absolute Gasteiger partial charge is 0.454 e. The van der Waals surface area contributed by atoms with E-state index in [9.17, 15) is 4.79 Å². The van der Waals surface area contributed by atoms with Gasteiger partial charge in [-0.3, -0.25) is 4.79 Å². The van der Waals surface area contributed by atoms with Crippen LogP contribution >= 0.6 is 11.6 Å². The first-order valence-electron chi connectivity index (χ1n) is 7.70. The van der Waals surface area contributed by atoms with E-state index in [0.717, 1.165) is 12.8 Å². The Kier molecular flexibility index (Phi) is 4.99. The number of hydrogen-bond donors (Lipinski definition) is 1. The SMILES string of the molecule is O=C(C[C@@H]1C=CCC1)Nc1ccccc1Oc1ccccc1Cl. The van der Waals surface area contributed by atoms with Gasteiger partial charge < -0.3 is 10.1 Å². The van der Waals surface area contributed by atoms with Crippen LogP contribution in [0.15, 0.2) is 60.7 Å². The molecule has 1 N–H and O–H groups in total. The Bertz CT molecular complexity index is 727. The number of anilines is 1. The van der Waals surface area contributed by atoms with Gasteiger partial charge in [0.1, 0.15) is 5.75 Å². The highest BCUT2D eigenvalue weighted by molar-refractivity contribution is 6.32. The van der Waals surface area contributed by atoms with E-state index in [1.54, 1.807) is 12.1 Å². The van der Waals surface area contributed by atoms with Crippen molar-refractivity contribution in [1.82, 2.24) is 0 Å². The minimum absolute atomic E-state index is 0.00300. The quantitative estimate of drug-likeness (QED) is 0.744. The van der Waals surface area contributed by atoms with Gasteiger partial charge in [-0.2, -0.15) is 0 Å². The monoisotopic (exact) mass is 327 g/mol. The van der Waals surface area contributed by atoms with E-state index in [1.165, 1.54) is 0 Å². The normalized spacial score (nSPS) is 16.3. The van der Waals surface area contributed by atoms with E-state index in [0.29, 0.717) is 34.5 Å². The Hall–Kier alpha value is -2.26. The number of carbonyl (C=O) groups excluding carboxylic acids is 1. The molecule has 0 aromatic heterocycles. The van der Waals surface area contributed by atoms with Crippen LogP contribution in [-0.2, 0) is 4.79 Å². The maximum absolute atomic E-state index is 12.2. The van der Waals surface area contributed by atoms with E-state index >= 15 is 0 Å². The minimum Gasteiger partial charge on any atom is -0.454 e. The van der Waals surface area contributed by atoms with Crippen LogP contribution in [0.2, 0.25) is 5.02 Å². The third-order valence-corrected chi connectivity index (χ3v) is 4.09. The van der Waals surface area contributed by atoms with Crippen molar-refractivity contribution in [2.75, 3.05) is 5.32 Å². The van der Waals surface area contributed by atoms with Gasteiger partial charge in [-0.25, -0.2) is 0 Å². The molecule has 0 unspecified atom stereocenters. The lowest BCUT2D eigenvalue weighted by Gasteiger charge is -2.14. The number of hydrogen-bond acceptors (Lipinski definition) is 2. The summed E-state index contributed by atoms with van der Waals surface area (Å²) >= 11 is 6.13. The molecule has 4 heteroatoms. The van der Waals surface area contributed by atoms with E-state index < -0.39 is 0 Å². The fourth-order valence-electron chi connectivity index (χ4n) is 2.61. The van der Waals surface area contributed by atoms with Crippen molar-refractivity contribution in [2.24, 2.45) is 5.92 Å². The lowest BCUT2D eigenvalue weighted by atomic mass is 10.1. The topological polar surface area (TPSA) is 38.3 Å². The van der Waals surface area contributed by atoms with Crippen molar-refractivity contribution < 1.29 is 9.53 Å². The molecule has 1 aliphatic rings. The summed E-state index contributed by atoms with van der Waals surface area (Å²) in [5.74, 6) is 1.48. The second-order valence-electron chi connectivity index (χ2n) is 5.55. The van der Waals surface area contributed by atoms with E-state index in [2.05, 4.69) is 17.5 Å². The Balaban J connectivity index is 1.71. The number of para-hydroxylation sites is 3. The molecule has 0 saturated carbocycles. The average Bonchev–Trinajstić information content (AvgIpc) is 3.04. The summed E-state index contributed by atoms with van der Waals surface area (Å²) in [6, 6.07) is 14.6. The molecule has 1 aliphatic carbocycles. The zero-order valence-electron chi connectivity index (χ0n) is 12.7. The van der Waals surface area contributed by atoms with Gasteiger partial charge in [-0.1, -0.05) is 48.0 Å². The van der Waals surface area contributed by atoms with Gasteiger partial charge >= 0.3 is 0 Å². The van der Waals surface area contributed by atoms with Crippen LogP contribution in [0.1, 0.15) is 19.3 Å². The summed E-state index contributed by atoms with van der Waals surface area (Å²) in [4.78, 5) is 12.2. The molecule has 0 bridgehead atoms. The molecule has 0 spiro atoms. The van der Waals surface area contributed by atoms with Gasteiger partial charge in [0.05, 0.1) is 10.7 Å². The standard InChI is InChI=1S/C19H18ClNO2/c20-15-9-3-5-11-17(15)23-18-12-6-4-10-16(18)21-19(22)13-14-7-1-2-8-14/h1,3-7,9-12,14H,2,8,13H2,(H,21,22)/t14-/m1/s1. The first kappa shape index (κ1) is 15.6.